The van der Waals surface area contributed by atoms with Crippen LogP contribution in [0, 0.1) is 6.92 Å². The summed E-state index contributed by atoms with van der Waals surface area (Å²) in [6, 6.07) is 5.19. The van der Waals surface area contributed by atoms with Gasteiger partial charge in [-0.2, -0.15) is 0 Å². The Balaban J connectivity index is 2.75. The molecule has 0 aliphatic carbocycles. The lowest BCUT2D eigenvalue weighted by atomic mass is 10.1. The van der Waals surface area contributed by atoms with E-state index in [1.54, 1.807) is 14.0 Å². The monoisotopic (exact) mass is 278 g/mol. The second kappa shape index (κ2) is 7.05. The van der Waals surface area contributed by atoms with Gasteiger partial charge in [0.05, 0.1) is 6.54 Å². The topological polar surface area (TPSA) is 69.6 Å². The van der Waals surface area contributed by atoms with Gasteiger partial charge >= 0.3 is 5.97 Å². The molecular formula is C15H22N2O3. The lowest BCUT2D eigenvalue weighted by Gasteiger charge is -2.21. The first-order valence-corrected chi connectivity index (χ1v) is 6.68. The molecule has 1 atom stereocenters. The van der Waals surface area contributed by atoms with Gasteiger partial charge < -0.3 is 10.4 Å². The molecule has 0 heterocycles. The summed E-state index contributed by atoms with van der Waals surface area (Å²) in [5.74, 6) is -1.14. The highest BCUT2D eigenvalue weighted by molar-refractivity contribution is 5.94. The molecule has 1 unspecified atom stereocenters. The van der Waals surface area contributed by atoms with Gasteiger partial charge in [0.2, 0.25) is 5.91 Å². The van der Waals surface area contributed by atoms with E-state index in [0.717, 1.165) is 23.2 Å². The maximum Gasteiger partial charge on any atom is 0.320 e. The first-order chi connectivity index (χ1) is 9.36. The maximum atomic E-state index is 12.0. The third-order valence-corrected chi connectivity index (χ3v) is 3.42. The van der Waals surface area contributed by atoms with Crippen molar-refractivity contribution >= 4 is 17.6 Å². The fourth-order valence-corrected chi connectivity index (χ4v) is 1.93. The number of carbonyl (C=O) groups excluding carboxylic acids is 1. The standard InChI is InChI=1S/C15H22N2O3/c1-5-12-8-6-7-10(2)14(12)16-13(18)9-17(4)11(3)15(19)20/h6-8,11H,5,9H2,1-4H3,(H,16,18)(H,19,20). The molecule has 0 fully saturated rings. The second-order valence-corrected chi connectivity index (χ2v) is 4.94. The molecule has 2 N–H and O–H groups in total. The van der Waals surface area contributed by atoms with E-state index in [0.29, 0.717) is 0 Å². The fraction of sp³-hybridized carbons (Fsp3) is 0.467. The van der Waals surface area contributed by atoms with Gasteiger partial charge in [-0.3, -0.25) is 14.5 Å². The highest BCUT2D eigenvalue weighted by atomic mass is 16.4. The average Bonchev–Trinajstić information content (AvgIpc) is 2.39. The van der Waals surface area contributed by atoms with Gasteiger partial charge in [0.15, 0.2) is 0 Å². The molecule has 1 rings (SSSR count). The zero-order chi connectivity index (χ0) is 15.3. The van der Waals surface area contributed by atoms with Crippen LogP contribution in [0.5, 0.6) is 0 Å². The van der Waals surface area contributed by atoms with E-state index < -0.39 is 12.0 Å². The number of rotatable bonds is 6. The smallest absolute Gasteiger partial charge is 0.320 e. The fourth-order valence-electron chi connectivity index (χ4n) is 1.93. The highest BCUT2D eigenvalue weighted by Crippen LogP contribution is 2.20. The molecule has 110 valence electrons. The van der Waals surface area contributed by atoms with Gasteiger partial charge in [0.1, 0.15) is 6.04 Å². The number of nitrogens with zero attached hydrogens (tertiary/aromatic N) is 1. The molecule has 5 heteroatoms. The number of carboxylic acids is 1. The van der Waals surface area contributed by atoms with Crippen molar-refractivity contribution in [3.63, 3.8) is 0 Å². The van der Waals surface area contributed by atoms with Crippen LogP contribution in [0.1, 0.15) is 25.0 Å². The summed E-state index contributed by atoms with van der Waals surface area (Å²) in [6.07, 6.45) is 0.832. The predicted molar refractivity (Wildman–Crippen MR) is 78.9 cm³/mol. The lowest BCUT2D eigenvalue weighted by Crippen LogP contribution is -2.40. The Bertz CT molecular complexity index is 500. The summed E-state index contributed by atoms with van der Waals surface area (Å²) in [5.41, 5.74) is 2.91. The third-order valence-electron chi connectivity index (χ3n) is 3.42. The summed E-state index contributed by atoms with van der Waals surface area (Å²) >= 11 is 0. The third kappa shape index (κ3) is 4.06. The molecule has 0 spiro atoms. The van der Waals surface area contributed by atoms with Crippen LogP contribution in [-0.4, -0.2) is 41.5 Å². The van der Waals surface area contributed by atoms with Crippen molar-refractivity contribution in [2.45, 2.75) is 33.2 Å². The van der Waals surface area contributed by atoms with Gasteiger partial charge in [0.25, 0.3) is 0 Å². The molecule has 0 aromatic heterocycles. The zero-order valence-corrected chi connectivity index (χ0v) is 12.4. The number of para-hydroxylation sites is 1. The van der Waals surface area contributed by atoms with Crippen molar-refractivity contribution < 1.29 is 14.7 Å². The quantitative estimate of drug-likeness (QED) is 0.834. The molecule has 0 saturated carbocycles. The summed E-state index contributed by atoms with van der Waals surface area (Å²) in [6.45, 7) is 5.58. The van der Waals surface area contributed by atoms with E-state index in [4.69, 9.17) is 5.11 Å². The molecule has 1 aromatic rings. The van der Waals surface area contributed by atoms with E-state index >= 15 is 0 Å². The maximum absolute atomic E-state index is 12.0. The number of amides is 1. The second-order valence-electron chi connectivity index (χ2n) is 4.94. The minimum atomic E-state index is -0.939. The summed E-state index contributed by atoms with van der Waals surface area (Å²) < 4.78 is 0. The largest absolute Gasteiger partial charge is 0.480 e. The van der Waals surface area contributed by atoms with Crippen LogP contribution in [0.25, 0.3) is 0 Å². The highest BCUT2D eigenvalue weighted by Gasteiger charge is 2.19. The number of nitrogens with one attached hydrogen (secondary N) is 1. The number of aryl methyl sites for hydroxylation is 2. The van der Waals surface area contributed by atoms with E-state index in [2.05, 4.69) is 5.32 Å². The Morgan fingerprint density at radius 3 is 2.60 bits per heavy atom. The summed E-state index contributed by atoms with van der Waals surface area (Å²) in [5, 5.41) is 11.8. The molecule has 20 heavy (non-hydrogen) atoms. The number of benzene rings is 1. The van der Waals surface area contributed by atoms with E-state index in [-0.39, 0.29) is 12.5 Å². The Hall–Kier alpha value is -1.88. The zero-order valence-electron chi connectivity index (χ0n) is 12.4. The van der Waals surface area contributed by atoms with E-state index in [1.165, 1.54) is 4.90 Å². The number of hydrogen-bond acceptors (Lipinski definition) is 3. The molecule has 0 aliphatic rings. The molecule has 1 aromatic carbocycles. The minimum Gasteiger partial charge on any atom is -0.480 e. The molecular weight excluding hydrogens is 256 g/mol. The number of likely N-dealkylation sites (N-methyl/N-ethyl adjacent to an activating group) is 1. The molecule has 0 bridgehead atoms. The van der Waals surface area contributed by atoms with Crippen LogP contribution in [0.2, 0.25) is 0 Å². The van der Waals surface area contributed by atoms with Gasteiger partial charge in [-0.05, 0) is 38.4 Å². The molecule has 5 nitrogen and oxygen atoms in total. The number of carbonyl (C=O) groups is 2. The van der Waals surface area contributed by atoms with Gasteiger partial charge in [-0.15, -0.1) is 0 Å². The number of anilines is 1. The molecule has 0 aliphatic heterocycles. The summed E-state index contributed by atoms with van der Waals surface area (Å²) in [4.78, 5) is 24.4. The predicted octanol–water partition coefficient (Wildman–Crippen LogP) is 1.90. The Morgan fingerprint density at radius 2 is 2.05 bits per heavy atom. The van der Waals surface area contributed by atoms with Crippen molar-refractivity contribution in [2.75, 3.05) is 18.9 Å². The van der Waals surface area contributed by atoms with Crippen molar-refractivity contribution in [2.24, 2.45) is 0 Å². The molecule has 0 radical (unpaired) electrons. The van der Waals surface area contributed by atoms with E-state index in [1.807, 2.05) is 32.0 Å². The number of aliphatic carboxylic acids is 1. The number of hydrogen-bond donors (Lipinski definition) is 2. The normalized spacial score (nSPS) is 12.2. The number of carboxylic acid groups (broad SMARTS) is 1. The Labute approximate surface area is 119 Å². The van der Waals surface area contributed by atoms with Crippen molar-refractivity contribution in [1.29, 1.82) is 0 Å². The summed E-state index contributed by atoms with van der Waals surface area (Å²) in [7, 11) is 1.62. The minimum absolute atomic E-state index is 0.0466. The first kappa shape index (κ1) is 16.2. The van der Waals surface area contributed by atoms with Crippen LogP contribution in [0.15, 0.2) is 18.2 Å². The van der Waals surface area contributed by atoms with Gasteiger partial charge in [0, 0.05) is 5.69 Å². The van der Waals surface area contributed by atoms with Crippen LogP contribution >= 0.6 is 0 Å². The van der Waals surface area contributed by atoms with Crippen LogP contribution in [0.3, 0.4) is 0 Å². The van der Waals surface area contributed by atoms with Crippen molar-refractivity contribution in [3.8, 4) is 0 Å². The molecule has 1 amide bonds. The van der Waals surface area contributed by atoms with Crippen molar-refractivity contribution in [1.82, 2.24) is 4.90 Å². The van der Waals surface area contributed by atoms with Gasteiger partial charge in [-0.1, -0.05) is 25.1 Å². The molecule has 0 saturated heterocycles. The Morgan fingerprint density at radius 1 is 1.40 bits per heavy atom. The van der Waals surface area contributed by atoms with E-state index in [9.17, 15) is 9.59 Å². The Kier molecular flexibility index (Phi) is 5.70. The van der Waals surface area contributed by atoms with Crippen molar-refractivity contribution in [3.05, 3.63) is 29.3 Å². The van der Waals surface area contributed by atoms with Crippen LogP contribution in [0.4, 0.5) is 5.69 Å². The SMILES string of the molecule is CCc1cccc(C)c1NC(=O)CN(C)C(C)C(=O)O. The van der Waals surface area contributed by atoms with Crippen LogP contribution in [-0.2, 0) is 16.0 Å². The van der Waals surface area contributed by atoms with Gasteiger partial charge in [-0.25, -0.2) is 0 Å². The first-order valence-electron chi connectivity index (χ1n) is 6.68. The van der Waals surface area contributed by atoms with Crippen LogP contribution < -0.4 is 5.32 Å². The average molecular weight is 278 g/mol. The lowest BCUT2D eigenvalue weighted by molar-refractivity contribution is -0.142.